The van der Waals surface area contributed by atoms with Crippen LogP contribution >= 0.6 is 23.5 Å². The molecule has 100 valence electrons. The van der Waals surface area contributed by atoms with Gasteiger partial charge in [0.2, 0.25) is 0 Å². The highest BCUT2D eigenvalue weighted by molar-refractivity contribution is 8.03. The highest BCUT2D eigenvalue weighted by atomic mass is 32.2. The lowest BCUT2D eigenvalue weighted by Gasteiger charge is -2.37. The molecule has 2 aliphatic heterocycles. The van der Waals surface area contributed by atoms with E-state index in [2.05, 4.69) is 38.4 Å². The minimum Gasteiger partial charge on any atom is -0.348 e. The summed E-state index contributed by atoms with van der Waals surface area (Å²) in [5.74, 6) is 7.10. The lowest BCUT2D eigenvalue weighted by Crippen LogP contribution is -2.44. The smallest absolute Gasteiger partial charge is 0.110 e. The molecular weight excluding hydrogens is 262 g/mol. The molecule has 1 aromatic heterocycles. The third kappa shape index (κ3) is 3.06. The van der Waals surface area contributed by atoms with E-state index in [0.29, 0.717) is 5.92 Å². The van der Waals surface area contributed by atoms with Crippen LogP contribution in [0.15, 0.2) is 12.4 Å². The largest absolute Gasteiger partial charge is 0.348 e. The van der Waals surface area contributed by atoms with Crippen molar-refractivity contribution in [3.05, 3.63) is 18.2 Å². The molecule has 3 nitrogen and oxygen atoms in total. The van der Waals surface area contributed by atoms with Crippen molar-refractivity contribution in [3.8, 4) is 0 Å². The van der Waals surface area contributed by atoms with Crippen molar-refractivity contribution in [1.29, 1.82) is 0 Å². The van der Waals surface area contributed by atoms with Gasteiger partial charge in [0.25, 0.3) is 0 Å². The first-order chi connectivity index (χ1) is 8.93. The summed E-state index contributed by atoms with van der Waals surface area (Å²) in [6.45, 7) is 2.47. The van der Waals surface area contributed by atoms with E-state index >= 15 is 0 Å². The van der Waals surface area contributed by atoms with Crippen LogP contribution in [-0.2, 0) is 0 Å². The van der Waals surface area contributed by atoms with Crippen molar-refractivity contribution >= 4 is 23.5 Å². The lowest BCUT2D eigenvalue weighted by atomic mass is 9.96. The highest BCUT2D eigenvalue weighted by Gasteiger charge is 2.28. The quantitative estimate of drug-likeness (QED) is 0.903. The van der Waals surface area contributed by atoms with E-state index in [-0.39, 0.29) is 0 Å². The van der Waals surface area contributed by atoms with Gasteiger partial charge >= 0.3 is 0 Å². The summed E-state index contributed by atoms with van der Waals surface area (Å²) in [5, 5.41) is 0. The molecule has 0 radical (unpaired) electrons. The first-order valence-electron chi connectivity index (χ1n) is 6.82. The molecule has 0 aromatic carbocycles. The van der Waals surface area contributed by atoms with Gasteiger partial charge in [0.1, 0.15) is 5.82 Å². The Morgan fingerprint density at radius 3 is 2.83 bits per heavy atom. The number of H-pyrrole nitrogens is 1. The third-order valence-corrected chi connectivity index (χ3v) is 6.35. The van der Waals surface area contributed by atoms with Crippen LogP contribution in [0.3, 0.4) is 0 Å². The van der Waals surface area contributed by atoms with Crippen LogP contribution in [0.25, 0.3) is 0 Å². The summed E-state index contributed by atoms with van der Waals surface area (Å²) in [4.78, 5) is 10.5. The van der Waals surface area contributed by atoms with E-state index in [0.717, 1.165) is 6.04 Å². The molecule has 3 rings (SSSR count). The number of hydrogen-bond acceptors (Lipinski definition) is 4. The Morgan fingerprint density at radius 2 is 2.11 bits per heavy atom. The van der Waals surface area contributed by atoms with E-state index in [1.165, 1.54) is 54.8 Å². The maximum absolute atomic E-state index is 4.45. The zero-order valence-electron chi connectivity index (χ0n) is 10.7. The zero-order valence-corrected chi connectivity index (χ0v) is 12.3. The van der Waals surface area contributed by atoms with Crippen LogP contribution in [0.2, 0.25) is 0 Å². The fourth-order valence-corrected chi connectivity index (χ4v) is 5.50. The van der Waals surface area contributed by atoms with Gasteiger partial charge in [0, 0.05) is 53.9 Å². The second-order valence-corrected chi connectivity index (χ2v) is 7.41. The predicted octanol–water partition coefficient (Wildman–Crippen LogP) is 2.44. The number of nitrogens with one attached hydrogen (secondary N) is 1. The van der Waals surface area contributed by atoms with Crippen LogP contribution in [0.1, 0.15) is 24.6 Å². The summed E-state index contributed by atoms with van der Waals surface area (Å²) in [6, 6.07) is 0.778. The zero-order chi connectivity index (χ0) is 12.2. The number of thioether (sulfide) groups is 2. The summed E-state index contributed by atoms with van der Waals surface area (Å²) in [6.07, 6.45) is 6.44. The molecule has 5 heteroatoms. The number of aromatic amines is 1. The number of aromatic nitrogens is 2. The Labute approximate surface area is 118 Å². The van der Waals surface area contributed by atoms with Gasteiger partial charge in [-0.1, -0.05) is 0 Å². The van der Waals surface area contributed by atoms with Gasteiger partial charge in [0.15, 0.2) is 0 Å². The van der Waals surface area contributed by atoms with Crippen molar-refractivity contribution in [3.63, 3.8) is 0 Å². The first kappa shape index (κ1) is 12.9. The molecular formula is C13H21N3S2. The number of piperidine rings is 1. The molecule has 0 saturated carbocycles. The second kappa shape index (κ2) is 6.35. The Hall–Kier alpha value is -0.130. The number of nitrogens with zero attached hydrogens (tertiary/aromatic N) is 2. The minimum absolute atomic E-state index is 0.618. The Balaban J connectivity index is 1.62. The average molecular weight is 283 g/mol. The maximum atomic E-state index is 4.45. The number of rotatable bonds is 2. The average Bonchev–Trinajstić information content (AvgIpc) is 2.82. The molecule has 2 aliphatic rings. The van der Waals surface area contributed by atoms with Gasteiger partial charge in [-0.25, -0.2) is 4.98 Å². The maximum Gasteiger partial charge on any atom is 0.110 e. The molecule has 0 aliphatic carbocycles. The van der Waals surface area contributed by atoms with Crippen LogP contribution in [0.5, 0.6) is 0 Å². The van der Waals surface area contributed by atoms with Crippen molar-refractivity contribution in [2.45, 2.75) is 24.8 Å². The van der Waals surface area contributed by atoms with Crippen molar-refractivity contribution in [2.75, 3.05) is 36.1 Å². The highest BCUT2D eigenvalue weighted by Crippen LogP contribution is 2.28. The molecule has 1 aromatic rings. The second-order valence-electron chi connectivity index (χ2n) is 5.11. The van der Waals surface area contributed by atoms with Gasteiger partial charge in [-0.3, -0.25) is 4.90 Å². The van der Waals surface area contributed by atoms with Gasteiger partial charge in [0.05, 0.1) is 0 Å². The number of imidazole rings is 1. The fourth-order valence-electron chi connectivity index (χ4n) is 2.88. The Morgan fingerprint density at radius 1 is 1.28 bits per heavy atom. The molecule has 0 spiro atoms. The monoisotopic (exact) mass is 283 g/mol. The van der Waals surface area contributed by atoms with Crippen LogP contribution in [-0.4, -0.2) is 57.0 Å². The predicted molar refractivity (Wildman–Crippen MR) is 80.6 cm³/mol. The molecule has 1 N–H and O–H groups in total. The van der Waals surface area contributed by atoms with E-state index in [9.17, 15) is 0 Å². The standard InChI is InChI=1S/C13H21N3S2/c1-2-11(13-14-3-4-15-13)8-16(5-1)12-9-17-6-7-18-10-12/h3-4,11-12H,1-2,5-10H2,(H,14,15)/t11-/m0/s1. The fraction of sp³-hybridized carbons (Fsp3) is 0.769. The van der Waals surface area contributed by atoms with Gasteiger partial charge in [-0.15, -0.1) is 0 Å². The number of likely N-dealkylation sites (tertiary alicyclic amines) is 1. The molecule has 2 saturated heterocycles. The van der Waals surface area contributed by atoms with Crippen molar-refractivity contribution < 1.29 is 0 Å². The molecule has 3 heterocycles. The summed E-state index contributed by atoms with van der Waals surface area (Å²) in [7, 11) is 0. The van der Waals surface area contributed by atoms with E-state index in [1.807, 2.05) is 12.4 Å². The van der Waals surface area contributed by atoms with Crippen LogP contribution < -0.4 is 0 Å². The molecule has 2 fully saturated rings. The number of hydrogen-bond donors (Lipinski definition) is 1. The summed E-state index contributed by atoms with van der Waals surface area (Å²) >= 11 is 4.26. The van der Waals surface area contributed by atoms with Crippen LogP contribution in [0.4, 0.5) is 0 Å². The van der Waals surface area contributed by atoms with E-state index in [1.54, 1.807) is 0 Å². The van der Waals surface area contributed by atoms with E-state index < -0.39 is 0 Å². The Kier molecular flexibility index (Phi) is 4.54. The topological polar surface area (TPSA) is 31.9 Å². The first-order valence-corrected chi connectivity index (χ1v) is 9.13. The van der Waals surface area contributed by atoms with Crippen molar-refractivity contribution in [1.82, 2.24) is 14.9 Å². The minimum atomic E-state index is 0.618. The van der Waals surface area contributed by atoms with Crippen molar-refractivity contribution in [2.24, 2.45) is 0 Å². The Bertz CT molecular complexity index is 347. The summed E-state index contributed by atoms with van der Waals surface area (Å²) in [5.41, 5.74) is 0. The lowest BCUT2D eigenvalue weighted by molar-refractivity contribution is 0.170. The third-order valence-electron chi connectivity index (χ3n) is 3.87. The van der Waals surface area contributed by atoms with E-state index in [4.69, 9.17) is 0 Å². The molecule has 0 bridgehead atoms. The summed E-state index contributed by atoms with van der Waals surface area (Å²) < 4.78 is 0. The van der Waals surface area contributed by atoms with Crippen LogP contribution in [0, 0.1) is 0 Å². The SMILES string of the molecule is c1c[nH]c([C@H]2CCCN(C3CSCCSC3)C2)n1. The molecule has 0 unspecified atom stereocenters. The molecule has 18 heavy (non-hydrogen) atoms. The van der Waals surface area contributed by atoms with Gasteiger partial charge in [-0.05, 0) is 19.4 Å². The van der Waals surface area contributed by atoms with Gasteiger partial charge < -0.3 is 4.98 Å². The van der Waals surface area contributed by atoms with Gasteiger partial charge in [-0.2, -0.15) is 23.5 Å². The molecule has 0 amide bonds. The molecule has 1 atom stereocenters. The normalized spacial score (nSPS) is 28.1.